The fraction of sp³-hybridized carbons (Fsp3) is 0.333. The highest BCUT2D eigenvalue weighted by molar-refractivity contribution is 5.96. The van der Waals surface area contributed by atoms with Crippen molar-refractivity contribution in [2.24, 2.45) is 0 Å². The Bertz CT molecular complexity index is 663. The van der Waals surface area contributed by atoms with Gasteiger partial charge in [-0.25, -0.2) is 9.59 Å². The van der Waals surface area contributed by atoms with E-state index in [4.69, 9.17) is 9.47 Å². The fourth-order valence-corrected chi connectivity index (χ4v) is 2.03. The largest absolute Gasteiger partial charge is 0.463 e. The minimum Gasteiger partial charge on any atom is -0.463 e. The molecule has 0 fully saturated rings. The molecule has 0 aliphatic carbocycles. The predicted octanol–water partition coefficient (Wildman–Crippen LogP) is 3.73. The minimum atomic E-state index is -0.907. The lowest BCUT2D eigenvalue weighted by molar-refractivity contribution is -0.153. The fourth-order valence-electron chi connectivity index (χ4n) is 2.03. The lowest BCUT2D eigenvalue weighted by Crippen LogP contribution is -2.26. The van der Waals surface area contributed by atoms with Crippen LogP contribution in [0.25, 0.3) is 10.8 Å². The molecule has 0 saturated heterocycles. The number of esters is 2. The normalized spacial score (nSPS) is 11.9. The molecule has 0 heterocycles. The van der Waals surface area contributed by atoms with Crippen LogP contribution in [0.4, 0.5) is 0 Å². The van der Waals surface area contributed by atoms with E-state index in [0.717, 1.165) is 23.6 Å². The minimum absolute atomic E-state index is 0.354. The van der Waals surface area contributed by atoms with E-state index < -0.39 is 18.0 Å². The van der Waals surface area contributed by atoms with E-state index in [2.05, 4.69) is 0 Å². The second-order valence-electron chi connectivity index (χ2n) is 5.13. The average Bonchev–Trinajstić information content (AvgIpc) is 2.54. The molecule has 116 valence electrons. The van der Waals surface area contributed by atoms with Crippen molar-refractivity contribution in [3.05, 3.63) is 48.0 Å². The van der Waals surface area contributed by atoms with E-state index in [-0.39, 0.29) is 0 Å². The summed E-state index contributed by atoms with van der Waals surface area (Å²) >= 11 is 0. The highest BCUT2D eigenvalue weighted by Gasteiger charge is 2.20. The Kier molecular flexibility index (Phi) is 5.53. The lowest BCUT2D eigenvalue weighted by Gasteiger charge is -2.13. The number of ether oxygens (including phenoxy) is 2. The van der Waals surface area contributed by atoms with E-state index in [0.29, 0.717) is 12.2 Å². The zero-order chi connectivity index (χ0) is 15.9. The van der Waals surface area contributed by atoms with Gasteiger partial charge in [-0.1, -0.05) is 43.7 Å². The molecule has 0 unspecified atom stereocenters. The topological polar surface area (TPSA) is 52.6 Å². The Morgan fingerprint density at radius 3 is 2.55 bits per heavy atom. The third-order valence-corrected chi connectivity index (χ3v) is 3.34. The number of unbranched alkanes of at least 4 members (excludes halogenated alkanes) is 1. The van der Waals surface area contributed by atoms with Gasteiger partial charge in [0.05, 0.1) is 12.2 Å². The Morgan fingerprint density at radius 1 is 1.09 bits per heavy atom. The highest BCUT2D eigenvalue weighted by atomic mass is 16.6. The van der Waals surface area contributed by atoms with E-state index >= 15 is 0 Å². The van der Waals surface area contributed by atoms with Gasteiger partial charge in [0.25, 0.3) is 0 Å². The van der Waals surface area contributed by atoms with Crippen LogP contribution in [0, 0.1) is 0 Å². The first-order chi connectivity index (χ1) is 10.6. The first-order valence-electron chi connectivity index (χ1n) is 7.48. The summed E-state index contributed by atoms with van der Waals surface area (Å²) < 4.78 is 10.2. The molecule has 0 aliphatic rings. The summed E-state index contributed by atoms with van der Waals surface area (Å²) in [5, 5.41) is 2.00. The Morgan fingerprint density at radius 2 is 1.82 bits per heavy atom. The van der Waals surface area contributed by atoms with Crippen LogP contribution in [0.3, 0.4) is 0 Å². The first kappa shape index (κ1) is 16.0. The maximum Gasteiger partial charge on any atom is 0.347 e. The van der Waals surface area contributed by atoms with Gasteiger partial charge in [-0.2, -0.15) is 0 Å². The van der Waals surface area contributed by atoms with Gasteiger partial charge < -0.3 is 9.47 Å². The maximum absolute atomic E-state index is 12.1. The van der Waals surface area contributed by atoms with Gasteiger partial charge in [-0.05, 0) is 36.2 Å². The molecule has 1 atom stereocenters. The quantitative estimate of drug-likeness (QED) is 0.602. The SMILES string of the molecule is CCCCOC(=O)[C@H](C)OC(=O)c1ccc2ccccc2c1. The van der Waals surface area contributed by atoms with Crippen molar-refractivity contribution < 1.29 is 19.1 Å². The summed E-state index contributed by atoms with van der Waals surface area (Å²) in [6, 6.07) is 13.1. The molecule has 2 aromatic carbocycles. The third kappa shape index (κ3) is 4.07. The standard InChI is InChI=1S/C18H20O4/c1-3-4-11-21-17(19)13(2)22-18(20)16-10-9-14-7-5-6-8-15(14)12-16/h5-10,12-13H,3-4,11H2,1-2H3/t13-/m0/s1. The second-order valence-corrected chi connectivity index (χ2v) is 5.13. The number of rotatable bonds is 6. The van der Waals surface area contributed by atoms with Crippen LogP contribution in [0.2, 0.25) is 0 Å². The zero-order valence-electron chi connectivity index (χ0n) is 12.9. The van der Waals surface area contributed by atoms with Gasteiger partial charge in [-0.15, -0.1) is 0 Å². The summed E-state index contributed by atoms with van der Waals surface area (Å²) in [4.78, 5) is 23.8. The van der Waals surface area contributed by atoms with Crippen LogP contribution in [0.15, 0.2) is 42.5 Å². The van der Waals surface area contributed by atoms with Crippen molar-refractivity contribution in [3.63, 3.8) is 0 Å². The van der Waals surface area contributed by atoms with Crippen molar-refractivity contribution in [2.75, 3.05) is 6.61 Å². The van der Waals surface area contributed by atoms with Crippen molar-refractivity contribution in [2.45, 2.75) is 32.8 Å². The number of hydrogen-bond donors (Lipinski definition) is 0. The van der Waals surface area contributed by atoms with Crippen LogP contribution < -0.4 is 0 Å². The van der Waals surface area contributed by atoms with E-state index in [1.165, 1.54) is 6.92 Å². The van der Waals surface area contributed by atoms with Gasteiger partial charge in [-0.3, -0.25) is 0 Å². The molecule has 0 spiro atoms. The van der Waals surface area contributed by atoms with Crippen LogP contribution in [-0.4, -0.2) is 24.6 Å². The van der Waals surface area contributed by atoms with Crippen LogP contribution in [-0.2, 0) is 14.3 Å². The molecule has 0 aromatic heterocycles. The number of fused-ring (bicyclic) bond motifs is 1. The summed E-state index contributed by atoms with van der Waals surface area (Å²) in [5.41, 5.74) is 0.423. The van der Waals surface area contributed by atoms with Crippen molar-refractivity contribution in [3.8, 4) is 0 Å². The molecule has 0 bridgehead atoms. The lowest BCUT2D eigenvalue weighted by atomic mass is 10.1. The Hall–Kier alpha value is -2.36. The predicted molar refractivity (Wildman–Crippen MR) is 84.7 cm³/mol. The second kappa shape index (κ2) is 7.59. The Labute approximate surface area is 130 Å². The molecular weight excluding hydrogens is 280 g/mol. The molecule has 2 aromatic rings. The van der Waals surface area contributed by atoms with E-state index in [1.54, 1.807) is 12.1 Å². The van der Waals surface area contributed by atoms with Crippen molar-refractivity contribution in [1.82, 2.24) is 0 Å². The number of carbonyl (C=O) groups excluding carboxylic acids is 2. The summed E-state index contributed by atoms with van der Waals surface area (Å²) in [6.07, 6.45) is 0.839. The van der Waals surface area contributed by atoms with Crippen LogP contribution >= 0.6 is 0 Å². The van der Waals surface area contributed by atoms with Crippen molar-refractivity contribution >= 4 is 22.7 Å². The summed E-state index contributed by atoms with van der Waals surface area (Å²) in [6.45, 7) is 3.89. The molecule has 2 rings (SSSR count). The molecule has 0 amide bonds. The molecular formula is C18H20O4. The maximum atomic E-state index is 12.1. The van der Waals surface area contributed by atoms with Crippen molar-refractivity contribution in [1.29, 1.82) is 0 Å². The number of benzene rings is 2. The zero-order valence-corrected chi connectivity index (χ0v) is 12.9. The summed E-state index contributed by atoms with van der Waals surface area (Å²) in [7, 11) is 0. The molecule has 22 heavy (non-hydrogen) atoms. The first-order valence-corrected chi connectivity index (χ1v) is 7.48. The van der Waals surface area contributed by atoms with Gasteiger partial charge in [0.15, 0.2) is 6.10 Å². The van der Waals surface area contributed by atoms with Gasteiger partial charge in [0.2, 0.25) is 0 Å². The van der Waals surface area contributed by atoms with Gasteiger partial charge in [0.1, 0.15) is 0 Å². The van der Waals surface area contributed by atoms with E-state index in [1.807, 2.05) is 37.3 Å². The monoisotopic (exact) mass is 300 g/mol. The number of hydrogen-bond acceptors (Lipinski definition) is 4. The molecule has 0 N–H and O–H groups in total. The molecule has 4 heteroatoms. The molecule has 0 aliphatic heterocycles. The van der Waals surface area contributed by atoms with Gasteiger partial charge >= 0.3 is 11.9 Å². The van der Waals surface area contributed by atoms with E-state index in [9.17, 15) is 9.59 Å². The van der Waals surface area contributed by atoms with Gasteiger partial charge in [0, 0.05) is 0 Å². The smallest absolute Gasteiger partial charge is 0.347 e. The van der Waals surface area contributed by atoms with Crippen LogP contribution in [0.5, 0.6) is 0 Å². The highest BCUT2D eigenvalue weighted by Crippen LogP contribution is 2.16. The Balaban J connectivity index is 1.99. The summed E-state index contributed by atoms with van der Waals surface area (Å²) in [5.74, 6) is -1.03. The third-order valence-electron chi connectivity index (χ3n) is 3.34. The molecule has 4 nitrogen and oxygen atoms in total. The van der Waals surface area contributed by atoms with Crippen LogP contribution in [0.1, 0.15) is 37.0 Å². The molecule has 0 saturated carbocycles. The number of carbonyl (C=O) groups is 2. The average molecular weight is 300 g/mol. The molecule has 0 radical (unpaired) electrons.